The van der Waals surface area contributed by atoms with E-state index in [-0.39, 0.29) is 0 Å². The summed E-state index contributed by atoms with van der Waals surface area (Å²) in [5.41, 5.74) is 3.67. The van der Waals surface area contributed by atoms with E-state index < -0.39 is 0 Å². The average molecular weight is 278 g/mol. The molecule has 0 aliphatic carbocycles. The fraction of sp³-hybridized carbons (Fsp3) is 0.316. The third-order valence-corrected chi connectivity index (χ3v) is 4.13. The lowest BCUT2D eigenvalue weighted by Gasteiger charge is -2.14. The fourth-order valence-corrected chi connectivity index (χ4v) is 2.68. The monoisotopic (exact) mass is 278 g/mol. The van der Waals surface area contributed by atoms with Crippen LogP contribution in [0.2, 0.25) is 0 Å². The summed E-state index contributed by atoms with van der Waals surface area (Å²) in [6.07, 6.45) is 2.09. The Balaban J connectivity index is 2.02. The number of benzene rings is 2. The lowest BCUT2D eigenvalue weighted by Crippen LogP contribution is -2.10. The van der Waals surface area contributed by atoms with Gasteiger partial charge in [0.2, 0.25) is 0 Å². The smallest absolute Gasteiger partial charge is 0.114 e. The van der Waals surface area contributed by atoms with Gasteiger partial charge in [-0.05, 0) is 23.6 Å². The Morgan fingerprint density at radius 3 is 2.48 bits per heavy atom. The Morgan fingerprint density at radius 2 is 1.71 bits per heavy atom. The molecule has 0 amide bonds. The lowest BCUT2D eigenvalue weighted by atomic mass is 10.1. The summed E-state index contributed by atoms with van der Waals surface area (Å²) in [5, 5.41) is 0. The van der Waals surface area contributed by atoms with Crippen LogP contribution in [0.4, 0.5) is 0 Å². The highest BCUT2D eigenvalue weighted by molar-refractivity contribution is 5.76. The Kier molecular flexibility index (Phi) is 4.05. The summed E-state index contributed by atoms with van der Waals surface area (Å²) in [5.74, 6) is 1.83. The van der Waals surface area contributed by atoms with Crippen molar-refractivity contribution in [1.82, 2.24) is 9.55 Å². The second kappa shape index (κ2) is 6.13. The first kappa shape index (κ1) is 13.9. The maximum atomic E-state index is 4.86. The minimum atomic E-state index is 0.664. The molecule has 0 saturated carbocycles. The number of imidazole rings is 1. The first-order chi connectivity index (χ1) is 10.3. The first-order valence-electron chi connectivity index (χ1n) is 7.76. The molecule has 1 heterocycles. The second-order valence-electron chi connectivity index (χ2n) is 5.80. The van der Waals surface area contributed by atoms with Crippen molar-refractivity contribution in [2.45, 2.75) is 33.2 Å². The zero-order valence-electron chi connectivity index (χ0n) is 12.8. The van der Waals surface area contributed by atoms with E-state index in [1.165, 1.54) is 23.3 Å². The molecular weight excluding hydrogens is 256 g/mol. The molecule has 2 aromatic carbocycles. The number of nitrogens with zero attached hydrogens (tertiary/aromatic N) is 2. The fourth-order valence-electron chi connectivity index (χ4n) is 2.68. The Bertz CT molecular complexity index is 713. The zero-order valence-corrected chi connectivity index (χ0v) is 12.8. The highest BCUT2D eigenvalue weighted by Gasteiger charge is 2.12. The third-order valence-electron chi connectivity index (χ3n) is 4.13. The Hall–Kier alpha value is -2.09. The van der Waals surface area contributed by atoms with Gasteiger partial charge in [-0.3, -0.25) is 0 Å². The van der Waals surface area contributed by atoms with Gasteiger partial charge in [0.1, 0.15) is 5.82 Å². The summed E-state index contributed by atoms with van der Waals surface area (Å²) in [6.45, 7) is 5.60. The van der Waals surface area contributed by atoms with Crippen LogP contribution in [0.1, 0.15) is 31.7 Å². The molecule has 0 spiro atoms. The van der Waals surface area contributed by atoms with Crippen LogP contribution in [0.15, 0.2) is 54.6 Å². The molecule has 1 aromatic heterocycles. The third kappa shape index (κ3) is 2.99. The largest absolute Gasteiger partial charge is 0.327 e. The van der Waals surface area contributed by atoms with Gasteiger partial charge in [-0.25, -0.2) is 4.98 Å². The number of aromatic nitrogens is 2. The van der Waals surface area contributed by atoms with Crippen LogP contribution in [0.3, 0.4) is 0 Å². The molecule has 0 bridgehead atoms. The minimum absolute atomic E-state index is 0.664. The summed E-state index contributed by atoms with van der Waals surface area (Å²) in [7, 11) is 0. The number of hydrogen-bond donors (Lipinski definition) is 0. The Morgan fingerprint density at radius 1 is 1.00 bits per heavy atom. The van der Waals surface area contributed by atoms with Gasteiger partial charge >= 0.3 is 0 Å². The molecule has 3 rings (SSSR count). The first-order valence-corrected chi connectivity index (χ1v) is 7.76. The van der Waals surface area contributed by atoms with Crippen molar-refractivity contribution < 1.29 is 0 Å². The zero-order chi connectivity index (χ0) is 14.7. The molecule has 0 fully saturated rings. The molecule has 0 radical (unpaired) electrons. The molecule has 2 nitrogen and oxygen atoms in total. The maximum Gasteiger partial charge on any atom is 0.114 e. The van der Waals surface area contributed by atoms with Gasteiger partial charge in [-0.15, -0.1) is 0 Å². The van der Waals surface area contributed by atoms with E-state index in [1.807, 2.05) is 0 Å². The quantitative estimate of drug-likeness (QED) is 0.663. The van der Waals surface area contributed by atoms with Gasteiger partial charge < -0.3 is 4.57 Å². The molecule has 1 unspecified atom stereocenters. The van der Waals surface area contributed by atoms with E-state index in [2.05, 4.69) is 73.0 Å². The number of hydrogen-bond acceptors (Lipinski definition) is 1. The number of rotatable bonds is 5. The minimum Gasteiger partial charge on any atom is -0.327 e. The van der Waals surface area contributed by atoms with E-state index in [1.54, 1.807) is 0 Å². The SMILES string of the molecule is CCC(C)Cn1c(Cc2ccccc2)nc2ccccc21. The van der Waals surface area contributed by atoms with Crippen LogP contribution in [-0.4, -0.2) is 9.55 Å². The number of fused-ring (bicyclic) bond motifs is 1. The molecule has 0 N–H and O–H groups in total. The van der Waals surface area contributed by atoms with Crippen LogP contribution in [0, 0.1) is 5.92 Å². The maximum absolute atomic E-state index is 4.86. The van der Waals surface area contributed by atoms with E-state index in [0.717, 1.165) is 18.5 Å². The summed E-state index contributed by atoms with van der Waals surface area (Å²) in [4.78, 5) is 4.86. The number of para-hydroxylation sites is 2. The van der Waals surface area contributed by atoms with E-state index in [0.29, 0.717) is 5.92 Å². The van der Waals surface area contributed by atoms with Crippen LogP contribution in [0.25, 0.3) is 11.0 Å². The highest BCUT2D eigenvalue weighted by Crippen LogP contribution is 2.20. The van der Waals surface area contributed by atoms with Gasteiger partial charge in [-0.1, -0.05) is 62.7 Å². The normalized spacial score (nSPS) is 12.7. The van der Waals surface area contributed by atoms with Crippen LogP contribution in [-0.2, 0) is 13.0 Å². The summed E-state index contributed by atoms with van der Waals surface area (Å²) in [6, 6.07) is 19.0. The Labute approximate surface area is 126 Å². The van der Waals surface area contributed by atoms with Crippen molar-refractivity contribution in [2.24, 2.45) is 5.92 Å². The van der Waals surface area contributed by atoms with Gasteiger partial charge in [0.25, 0.3) is 0 Å². The average Bonchev–Trinajstić information content (AvgIpc) is 2.86. The van der Waals surface area contributed by atoms with Crippen molar-refractivity contribution >= 4 is 11.0 Å². The molecule has 0 aliphatic heterocycles. The van der Waals surface area contributed by atoms with Gasteiger partial charge in [0.05, 0.1) is 11.0 Å². The van der Waals surface area contributed by atoms with Crippen molar-refractivity contribution in [3.8, 4) is 0 Å². The van der Waals surface area contributed by atoms with Gasteiger partial charge in [0, 0.05) is 13.0 Å². The molecule has 3 aromatic rings. The predicted molar refractivity (Wildman–Crippen MR) is 88.4 cm³/mol. The topological polar surface area (TPSA) is 17.8 Å². The molecule has 21 heavy (non-hydrogen) atoms. The molecule has 108 valence electrons. The van der Waals surface area contributed by atoms with Crippen molar-refractivity contribution in [1.29, 1.82) is 0 Å². The van der Waals surface area contributed by atoms with Gasteiger partial charge in [-0.2, -0.15) is 0 Å². The molecule has 0 aliphatic rings. The van der Waals surface area contributed by atoms with Crippen LogP contribution in [0.5, 0.6) is 0 Å². The molecule has 0 saturated heterocycles. The highest BCUT2D eigenvalue weighted by atomic mass is 15.1. The van der Waals surface area contributed by atoms with Crippen LogP contribution >= 0.6 is 0 Å². The van der Waals surface area contributed by atoms with E-state index >= 15 is 0 Å². The standard InChI is InChI=1S/C19H22N2/c1-3-15(2)14-21-18-12-8-7-11-17(18)20-19(21)13-16-9-5-4-6-10-16/h4-12,15H,3,13-14H2,1-2H3. The molecule has 2 heteroatoms. The summed E-state index contributed by atoms with van der Waals surface area (Å²) < 4.78 is 2.40. The predicted octanol–water partition coefficient (Wildman–Crippen LogP) is 4.67. The lowest BCUT2D eigenvalue weighted by molar-refractivity contribution is 0.467. The molecule has 1 atom stereocenters. The van der Waals surface area contributed by atoms with Crippen molar-refractivity contribution in [2.75, 3.05) is 0 Å². The second-order valence-corrected chi connectivity index (χ2v) is 5.80. The van der Waals surface area contributed by atoms with Crippen molar-refractivity contribution in [3.05, 3.63) is 66.0 Å². The van der Waals surface area contributed by atoms with Crippen LogP contribution < -0.4 is 0 Å². The van der Waals surface area contributed by atoms with E-state index in [4.69, 9.17) is 4.98 Å². The van der Waals surface area contributed by atoms with E-state index in [9.17, 15) is 0 Å². The summed E-state index contributed by atoms with van der Waals surface area (Å²) >= 11 is 0. The van der Waals surface area contributed by atoms with Gasteiger partial charge in [0.15, 0.2) is 0 Å². The van der Waals surface area contributed by atoms with Crippen molar-refractivity contribution in [3.63, 3.8) is 0 Å². The molecular formula is C19H22N2.